The number of nitrogens with zero attached hydrogens (tertiary/aromatic N) is 1. The number of methoxy groups -OCH3 is 1. The van der Waals surface area contributed by atoms with Gasteiger partial charge in [0.15, 0.2) is 0 Å². The van der Waals surface area contributed by atoms with Crippen molar-refractivity contribution in [3.63, 3.8) is 0 Å². The summed E-state index contributed by atoms with van der Waals surface area (Å²) in [6, 6.07) is 14.2. The molecule has 0 aliphatic carbocycles. The third kappa shape index (κ3) is 4.71. The van der Waals surface area contributed by atoms with Crippen LogP contribution in [-0.2, 0) is 0 Å². The van der Waals surface area contributed by atoms with Crippen molar-refractivity contribution in [1.82, 2.24) is 4.90 Å². The predicted molar refractivity (Wildman–Crippen MR) is 94.4 cm³/mol. The molecule has 3 rings (SSSR count). The smallest absolute Gasteiger partial charge is 0.123 e. The first kappa shape index (κ1) is 17.7. The Labute approximate surface area is 147 Å². The molecule has 1 saturated heterocycles. The Bertz CT molecular complexity index is 677. The average molecular weight is 345 g/mol. The van der Waals surface area contributed by atoms with Crippen molar-refractivity contribution in [2.45, 2.75) is 25.0 Å². The third-order valence-electron chi connectivity index (χ3n) is 4.54. The number of hydrogen-bond acceptors (Lipinski definition) is 4. The van der Waals surface area contributed by atoms with Crippen molar-refractivity contribution in [3.8, 4) is 11.5 Å². The third-order valence-corrected chi connectivity index (χ3v) is 4.54. The van der Waals surface area contributed by atoms with E-state index in [2.05, 4.69) is 17.0 Å². The Morgan fingerprint density at radius 3 is 2.76 bits per heavy atom. The first-order valence-electron chi connectivity index (χ1n) is 8.60. The molecule has 4 nitrogen and oxygen atoms in total. The minimum absolute atomic E-state index is 0.187. The van der Waals surface area contributed by atoms with Crippen LogP contribution in [0.25, 0.3) is 0 Å². The van der Waals surface area contributed by atoms with E-state index in [1.54, 1.807) is 19.2 Å². The van der Waals surface area contributed by atoms with Crippen LogP contribution in [0.1, 0.15) is 24.4 Å². The lowest BCUT2D eigenvalue weighted by atomic mass is 10.0. The Morgan fingerprint density at radius 1 is 1.20 bits per heavy atom. The first-order chi connectivity index (χ1) is 12.2. The van der Waals surface area contributed by atoms with Gasteiger partial charge in [0, 0.05) is 12.6 Å². The maximum Gasteiger partial charge on any atom is 0.123 e. The summed E-state index contributed by atoms with van der Waals surface area (Å²) in [7, 11) is 1.67. The van der Waals surface area contributed by atoms with Gasteiger partial charge in [-0.25, -0.2) is 4.39 Å². The molecule has 1 aliphatic rings. The second kappa shape index (κ2) is 8.32. The maximum absolute atomic E-state index is 12.9. The molecule has 1 N–H and O–H groups in total. The van der Waals surface area contributed by atoms with Crippen LogP contribution in [0, 0.1) is 5.82 Å². The average Bonchev–Trinajstić information content (AvgIpc) is 3.09. The Morgan fingerprint density at radius 2 is 2.00 bits per heavy atom. The minimum Gasteiger partial charge on any atom is -0.497 e. The van der Waals surface area contributed by atoms with E-state index in [4.69, 9.17) is 9.47 Å². The molecule has 2 aromatic carbocycles. The van der Waals surface area contributed by atoms with Crippen LogP contribution in [0.4, 0.5) is 4.39 Å². The molecule has 5 heteroatoms. The van der Waals surface area contributed by atoms with Gasteiger partial charge in [-0.3, -0.25) is 4.90 Å². The lowest BCUT2D eigenvalue weighted by Crippen LogP contribution is -2.35. The summed E-state index contributed by atoms with van der Waals surface area (Å²) in [4.78, 5) is 2.29. The summed E-state index contributed by atoms with van der Waals surface area (Å²) in [5, 5.41) is 10.3. The van der Waals surface area contributed by atoms with E-state index in [0.29, 0.717) is 12.3 Å². The molecule has 1 fully saturated rings. The zero-order chi connectivity index (χ0) is 17.6. The van der Waals surface area contributed by atoms with E-state index in [9.17, 15) is 9.50 Å². The van der Waals surface area contributed by atoms with Crippen molar-refractivity contribution in [1.29, 1.82) is 0 Å². The second-order valence-electron chi connectivity index (χ2n) is 6.35. The molecular weight excluding hydrogens is 321 g/mol. The topological polar surface area (TPSA) is 41.9 Å². The summed E-state index contributed by atoms with van der Waals surface area (Å²) >= 11 is 0. The zero-order valence-corrected chi connectivity index (χ0v) is 14.4. The van der Waals surface area contributed by atoms with E-state index in [-0.39, 0.29) is 18.5 Å². The normalized spacial score (nSPS) is 18.9. The van der Waals surface area contributed by atoms with Gasteiger partial charge in [0.05, 0.1) is 7.11 Å². The van der Waals surface area contributed by atoms with E-state index < -0.39 is 6.10 Å². The van der Waals surface area contributed by atoms with E-state index in [0.717, 1.165) is 25.1 Å². The van der Waals surface area contributed by atoms with Crippen LogP contribution in [0.15, 0.2) is 48.5 Å². The molecule has 25 heavy (non-hydrogen) atoms. The Kier molecular flexibility index (Phi) is 5.89. The maximum atomic E-state index is 12.9. The molecule has 0 bridgehead atoms. The van der Waals surface area contributed by atoms with Crippen molar-refractivity contribution >= 4 is 0 Å². The van der Waals surface area contributed by atoms with Gasteiger partial charge in [-0.2, -0.15) is 0 Å². The molecule has 2 atom stereocenters. The summed E-state index contributed by atoms with van der Waals surface area (Å²) in [6.45, 7) is 1.69. The Balaban J connectivity index is 1.56. The molecule has 0 spiro atoms. The number of likely N-dealkylation sites (tertiary alicyclic amines) is 1. The highest BCUT2D eigenvalue weighted by Crippen LogP contribution is 2.33. The molecule has 134 valence electrons. The lowest BCUT2D eigenvalue weighted by molar-refractivity contribution is 0.0638. The van der Waals surface area contributed by atoms with Crippen LogP contribution in [0.2, 0.25) is 0 Å². The minimum atomic E-state index is -0.601. The lowest BCUT2D eigenvalue weighted by Gasteiger charge is -2.27. The van der Waals surface area contributed by atoms with Gasteiger partial charge >= 0.3 is 0 Å². The van der Waals surface area contributed by atoms with Crippen LogP contribution in [0.5, 0.6) is 11.5 Å². The molecular formula is C20H24FNO3. The largest absolute Gasteiger partial charge is 0.497 e. The van der Waals surface area contributed by atoms with Gasteiger partial charge in [0.1, 0.15) is 30.0 Å². The van der Waals surface area contributed by atoms with Crippen molar-refractivity contribution in [2.24, 2.45) is 0 Å². The highest BCUT2D eigenvalue weighted by Gasteiger charge is 2.28. The van der Waals surface area contributed by atoms with Crippen LogP contribution < -0.4 is 9.47 Å². The fraction of sp³-hybridized carbons (Fsp3) is 0.400. The number of hydrogen-bond donors (Lipinski definition) is 1. The first-order valence-corrected chi connectivity index (χ1v) is 8.60. The van der Waals surface area contributed by atoms with Gasteiger partial charge in [-0.05, 0) is 61.3 Å². The number of halogens is 1. The van der Waals surface area contributed by atoms with Crippen LogP contribution >= 0.6 is 0 Å². The number of aliphatic hydroxyl groups excluding tert-OH is 1. The predicted octanol–water partition coefficient (Wildman–Crippen LogP) is 3.41. The van der Waals surface area contributed by atoms with Gasteiger partial charge in [0.2, 0.25) is 0 Å². The van der Waals surface area contributed by atoms with Gasteiger partial charge < -0.3 is 14.6 Å². The molecule has 0 aromatic heterocycles. The van der Waals surface area contributed by atoms with E-state index in [1.165, 1.54) is 17.7 Å². The molecule has 0 radical (unpaired) electrons. The monoisotopic (exact) mass is 345 g/mol. The van der Waals surface area contributed by atoms with Crippen molar-refractivity contribution < 1.29 is 19.0 Å². The number of benzene rings is 2. The van der Waals surface area contributed by atoms with Crippen LogP contribution in [-0.4, -0.2) is 42.9 Å². The van der Waals surface area contributed by atoms with E-state index in [1.807, 2.05) is 12.1 Å². The molecule has 1 heterocycles. The second-order valence-corrected chi connectivity index (χ2v) is 6.35. The van der Waals surface area contributed by atoms with E-state index >= 15 is 0 Å². The van der Waals surface area contributed by atoms with Gasteiger partial charge in [-0.1, -0.05) is 12.1 Å². The summed E-state index contributed by atoms with van der Waals surface area (Å²) < 4.78 is 23.8. The molecule has 0 unspecified atom stereocenters. The van der Waals surface area contributed by atoms with Gasteiger partial charge in [-0.15, -0.1) is 0 Å². The number of rotatable bonds is 7. The molecule has 2 aromatic rings. The fourth-order valence-electron chi connectivity index (χ4n) is 3.32. The number of aliphatic hydroxyl groups is 1. The molecule has 0 saturated carbocycles. The van der Waals surface area contributed by atoms with Crippen molar-refractivity contribution in [3.05, 3.63) is 59.9 Å². The number of β-amino-alcohol motifs (C(OH)–C–C–N with tert-alkyl or cyclic N) is 1. The van der Waals surface area contributed by atoms with Crippen molar-refractivity contribution in [2.75, 3.05) is 26.8 Å². The zero-order valence-electron chi connectivity index (χ0n) is 14.4. The standard InChI is InChI=1S/C20H24FNO3/c1-24-19-5-2-4-15(12-19)20-6-3-11-22(20)13-17(23)14-25-18-9-7-16(21)8-10-18/h2,4-5,7-10,12,17,20,23H,3,6,11,13-14H2,1H3/t17-,20-/m1/s1. The highest BCUT2D eigenvalue weighted by molar-refractivity contribution is 5.31. The number of ether oxygens (including phenoxy) is 2. The Hall–Kier alpha value is -2.11. The summed E-state index contributed by atoms with van der Waals surface area (Å²) in [5.74, 6) is 1.11. The van der Waals surface area contributed by atoms with Crippen LogP contribution in [0.3, 0.4) is 0 Å². The summed E-state index contributed by atoms with van der Waals surface area (Å²) in [6.07, 6.45) is 1.57. The molecule has 1 aliphatic heterocycles. The highest BCUT2D eigenvalue weighted by atomic mass is 19.1. The quantitative estimate of drug-likeness (QED) is 0.835. The summed E-state index contributed by atoms with van der Waals surface area (Å²) in [5.41, 5.74) is 1.21. The fourth-order valence-corrected chi connectivity index (χ4v) is 3.32. The van der Waals surface area contributed by atoms with Gasteiger partial charge in [0.25, 0.3) is 0 Å². The SMILES string of the molecule is COc1cccc([C@H]2CCCN2C[C@@H](O)COc2ccc(F)cc2)c1. The molecule has 0 amide bonds.